The van der Waals surface area contributed by atoms with E-state index in [1.54, 1.807) is 31.2 Å². The molecule has 4 rings (SSSR count). The number of nitrogens with one attached hydrogen (secondary N) is 1. The van der Waals surface area contributed by atoms with Crippen LogP contribution in [0.25, 0.3) is 11.1 Å². The smallest absolute Gasteiger partial charge is 0.255 e. The number of aryl methyl sites for hydroxylation is 1. The molecule has 1 aliphatic rings. The number of amides is 1. The predicted octanol–water partition coefficient (Wildman–Crippen LogP) is 3.34. The van der Waals surface area contributed by atoms with E-state index in [4.69, 9.17) is 5.73 Å². The summed E-state index contributed by atoms with van der Waals surface area (Å²) in [6.07, 6.45) is 0.233. The highest BCUT2D eigenvalue weighted by atomic mass is 19.1. The summed E-state index contributed by atoms with van der Waals surface area (Å²) in [7, 11) is 0. The lowest BCUT2D eigenvalue weighted by Crippen LogP contribution is -2.37. The van der Waals surface area contributed by atoms with Crippen LogP contribution in [0.15, 0.2) is 42.5 Å². The monoisotopic (exact) mass is 366 g/mol. The number of hydrogen-bond acceptors (Lipinski definition) is 4. The number of carbonyl (C=O) groups is 1. The van der Waals surface area contributed by atoms with Crippen molar-refractivity contribution < 1.29 is 13.6 Å². The quantitative estimate of drug-likeness (QED) is 0.729. The van der Waals surface area contributed by atoms with E-state index in [0.29, 0.717) is 28.1 Å². The summed E-state index contributed by atoms with van der Waals surface area (Å²) in [6, 6.07) is 10.3. The number of aromatic nitrogens is 2. The third-order valence-electron chi connectivity index (χ3n) is 4.64. The molecule has 1 amide bonds. The number of benzene rings is 2. The van der Waals surface area contributed by atoms with Gasteiger partial charge in [0.2, 0.25) is 5.95 Å². The molecule has 1 aromatic heterocycles. The van der Waals surface area contributed by atoms with Gasteiger partial charge < -0.3 is 11.1 Å². The number of halogens is 2. The van der Waals surface area contributed by atoms with Crippen LogP contribution in [0.3, 0.4) is 0 Å². The maximum atomic E-state index is 14.8. The molecule has 2 aromatic carbocycles. The number of rotatable bonds is 2. The first-order chi connectivity index (χ1) is 12.9. The Bertz CT molecular complexity index is 1050. The van der Waals surface area contributed by atoms with Crippen LogP contribution in [-0.4, -0.2) is 15.9 Å². The molecule has 0 saturated heterocycles. The molecule has 1 aliphatic heterocycles. The highest BCUT2D eigenvalue weighted by Crippen LogP contribution is 2.35. The lowest BCUT2D eigenvalue weighted by atomic mass is 9.88. The number of nitrogens with zero attached hydrogens (tertiary/aromatic N) is 2. The summed E-state index contributed by atoms with van der Waals surface area (Å²) in [6.45, 7) is 1.67. The van der Waals surface area contributed by atoms with E-state index in [2.05, 4.69) is 15.3 Å². The van der Waals surface area contributed by atoms with Crippen LogP contribution in [0.1, 0.15) is 33.4 Å². The van der Waals surface area contributed by atoms with Crippen molar-refractivity contribution in [2.75, 3.05) is 5.73 Å². The number of nitrogen functional groups attached to an aromatic ring is 1. The van der Waals surface area contributed by atoms with Crippen LogP contribution in [0.4, 0.5) is 14.7 Å². The minimum atomic E-state index is -0.721. The Labute approximate surface area is 154 Å². The summed E-state index contributed by atoms with van der Waals surface area (Å²) in [5.74, 6) is -1.74. The van der Waals surface area contributed by atoms with E-state index in [1.807, 2.05) is 6.07 Å². The van der Waals surface area contributed by atoms with E-state index in [0.717, 1.165) is 6.07 Å². The molecule has 0 aliphatic carbocycles. The Kier molecular flexibility index (Phi) is 4.07. The van der Waals surface area contributed by atoms with Crippen molar-refractivity contribution in [1.29, 1.82) is 0 Å². The van der Waals surface area contributed by atoms with Crippen molar-refractivity contribution in [3.8, 4) is 11.1 Å². The number of fused-ring (bicyclic) bond motifs is 1. The van der Waals surface area contributed by atoms with Gasteiger partial charge in [-0.15, -0.1) is 0 Å². The fraction of sp³-hybridized carbons (Fsp3) is 0.150. The van der Waals surface area contributed by atoms with Gasteiger partial charge in [0.15, 0.2) is 0 Å². The number of carbonyl (C=O) groups excluding carboxylic acids is 1. The van der Waals surface area contributed by atoms with E-state index < -0.39 is 23.6 Å². The molecule has 3 aromatic rings. The lowest BCUT2D eigenvalue weighted by molar-refractivity contribution is 0.0922. The van der Waals surface area contributed by atoms with E-state index in [1.165, 1.54) is 6.07 Å². The fourth-order valence-corrected chi connectivity index (χ4v) is 3.54. The van der Waals surface area contributed by atoms with Gasteiger partial charge in [-0.25, -0.2) is 18.7 Å². The summed E-state index contributed by atoms with van der Waals surface area (Å²) >= 11 is 0. The zero-order valence-corrected chi connectivity index (χ0v) is 14.5. The number of anilines is 1. The van der Waals surface area contributed by atoms with Crippen molar-refractivity contribution in [3.05, 3.63) is 76.6 Å². The molecule has 0 saturated carbocycles. The average molecular weight is 366 g/mol. The topological polar surface area (TPSA) is 80.9 Å². The van der Waals surface area contributed by atoms with Crippen molar-refractivity contribution in [2.45, 2.75) is 19.4 Å². The Balaban J connectivity index is 1.86. The molecule has 1 unspecified atom stereocenters. The summed E-state index contributed by atoms with van der Waals surface area (Å²) in [5, 5.41) is 2.80. The molecule has 0 bridgehead atoms. The van der Waals surface area contributed by atoms with Gasteiger partial charge in [0.1, 0.15) is 11.6 Å². The molecule has 0 fully saturated rings. The normalized spacial score (nSPS) is 16.0. The maximum Gasteiger partial charge on any atom is 0.255 e. The zero-order valence-electron chi connectivity index (χ0n) is 14.5. The first-order valence-corrected chi connectivity index (χ1v) is 8.42. The van der Waals surface area contributed by atoms with Gasteiger partial charge in [0.05, 0.1) is 23.0 Å². The van der Waals surface area contributed by atoms with Gasteiger partial charge in [-0.1, -0.05) is 30.3 Å². The van der Waals surface area contributed by atoms with Crippen molar-refractivity contribution >= 4 is 11.9 Å². The molecule has 136 valence electrons. The van der Waals surface area contributed by atoms with Gasteiger partial charge in [-0.2, -0.15) is 0 Å². The largest absolute Gasteiger partial charge is 0.368 e. The predicted molar refractivity (Wildman–Crippen MR) is 96.9 cm³/mol. The second-order valence-corrected chi connectivity index (χ2v) is 6.43. The molecule has 7 heteroatoms. The molecule has 1 atom stereocenters. The third-order valence-corrected chi connectivity index (χ3v) is 4.64. The fourth-order valence-electron chi connectivity index (χ4n) is 3.54. The highest BCUT2D eigenvalue weighted by molar-refractivity contribution is 5.98. The van der Waals surface area contributed by atoms with Crippen LogP contribution >= 0.6 is 0 Å². The van der Waals surface area contributed by atoms with E-state index in [9.17, 15) is 13.6 Å². The van der Waals surface area contributed by atoms with E-state index >= 15 is 0 Å². The van der Waals surface area contributed by atoms with Crippen LogP contribution in [0, 0.1) is 18.6 Å². The molecule has 5 nitrogen and oxygen atoms in total. The first kappa shape index (κ1) is 17.1. The number of hydrogen-bond donors (Lipinski definition) is 2. The van der Waals surface area contributed by atoms with Crippen molar-refractivity contribution in [2.24, 2.45) is 0 Å². The van der Waals surface area contributed by atoms with E-state index in [-0.39, 0.29) is 17.9 Å². The molecule has 27 heavy (non-hydrogen) atoms. The minimum absolute atomic E-state index is 0.0579. The molecule has 2 heterocycles. The Morgan fingerprint density at radius 3 is 2.63 bits per heavy atom. The summed E-state index contributed by atoms with van der Waals surface area (Å²) in [5.41, 5.74) is 8.25. The second-order valence-electron chi connectivity index (χ2n) is 6.43. The van der Waals surface area contributed by atoms with Crippen LogP contribution in [0.5, 0.6) is 0 Å². The standard InChI is InChI=1S/C20H16F2N4O/c1-10-17-15(26-20(23)24-10)9-16(25-19(17)27)18-13(7-12(21)8-14(18)22)11-5-3-2-4-6-11/h2-8,16H,9H2,1H3,(H,25,27)(H2,23,24,26). The second kappa shape index (κ2) is 6.42. The van der Waals surface area contributed by atoms with Gasteiger partial charge >= 0.3 is 0 Å². The summed E-state index contributed by atoms with van der Waals surface area (Å²) in [4.78, 5) is 20.8. The number of nitrogens with two attached hydrogens (primary N) is 1. The van der Waals surface area contributed by atoms with Gasteiger partial charge in [0.25, 0.3) is 5.91 Å². The van der Waals surface area contributed by atoms with Crippen molar-refractivity contribution in [1.82, 2.24) is 15.3 Å². The molecule has 0 radical (unpaired) electrons. The maximum absolute atomic E-state index is 14.8. The third kappa shape index (κ3) is 3.01. The Morgan fingerprint density at radius 1 is 1.15 bits per heavy atom. The SMILES string of the molecule is Cc1nc(N)nc2c1C(=O)NC(c1c(F)cc(F)cc1-c1ccccc1)C2. The first-order valence-electron chi connectivity index (χ1n) is 8.42. The molecular weight excluding hydrogens is 350 g/mol. The van der Waals surface area contributed by atoms with Gasteiger partial charge in [-0.05, 0) is 24.1 Å². The molecule has 0 spiro atoms. The summed E-state index contributed by atoms with van der Waals surface area (Å²) < 4.78 is 28.7. The molecular formula is C20H16F2N4O. The minimum Gasteiger partial charge on any atom is -0.368 e. The molecule has 3 N–H and O–H groups in total. The highest BCUT2D eigenvalue weighted by Gasteiger charge is 2.32. The Morgan fingerprint density at radius 2 is 1.89 bits per heavy atom. The van der Waals surface area contributed by atoms with Gasteiger partial charge in [0, 0.05) is 18.1 Å². The van der Waals surface area contributed by atoms with Crippen molar-refractivity contribution in [3.63, 3.8) is 0 Å². The van der Waals surface area contributed by atoms with Crippen LogP contribution in [-0.2, 0) is 6.42 Å². The average Bonchev–Trinajstić information content (AvgIpc) is 2.60. The lowest BCUT2D eigenvalue weighted by Gasteiger charge is -2.28. The Hall–Kier alpha value is -3.35. The van der Waals surface area contributed by atoms with Crippen LogP contribution < -0.4 is 11.1 Å². The zero-order chi connectivity index (χ0) is 19.1. The van der Waals surface area contributed by atoms with Gasteiger partial charge in [-0.3, -0.25) is 4.79 Å². The van der Waals surface area contributed by atoms with Crippen LogP contribution in [0.2, 0.25) is 0 Å².